The van der Waals surface area contributed by atoms with Crippen LogP contribution < -0.4 is 15.8 Å². The number of hydrogen-bond acceptors (Lipinski definition) is 4. The van der Waals surface area contributed by atoms with E-state index in [2.05, 4.69) is 57.5 Å². The molecule has 0 aliphatic carbocycles. The largest absolute Gasteiger partial charge is 0.357 e. The number of nitrogens with one attached hydrogen (secondary N) is 2. The van der Waals surface area contributed by atoms with Gasteiger partial charge in [0.25, 0.3) is 0 Å². The second kappa shape index (κ2) is 9.65. The first-order valence-corrected chi connectivity index (χ1v) is 10.9. The van der Waals surface area contributed by atoms with E-state index in [4.69, 9.17) is 5.14 Å². The van der Waals surface area contributed by atoms with Crippen molar-refractivity contribution < 1.29 is 8.42 Å². The summed E-state index contributed by atoms with van der Waals surface area (Å²) >= 11 is 5.17. The number of sulfonamides is 1. The first kappa shape index (κ1) is 21.3. The Labute approximate surface area is 157 Å². The second-order valence-electron chi connectivity index (χ2n) is 5.80. The van der Waals surface area contributed by atoms with Gasteiger partial charge in [0.15, 0.2) is 5.96 Å². The SMILES string of the molecule is CCNC(=NCC(C)(C)Sc1ccc(Br)cc1)NCCS(N)(=O)=O. The lowest BCUT2D eigenvalue weighted by Crippen LogP contribution is -2.41. The van der Waals surface area contributed by atoms with E-state index in [9.17, 15) is 8.42 Å². The van der Waals surface area contributed by atoms with Crippen molar-refractivity contribution >= 4 is 43.7 Å². The molecule has 0 bridgehead atoms. The zero-order valence-corrected chi connectivity index (χ0v) is 17.4. The minimum Gasteiger partial charge on any atom is -0.357 e. The molecule has 136 valence electrons. The average Bonchev–Trinajstić information content (AvgIpc) is 2.46. The summed E-state index contributed by atoms with van der Waals surface area (Å²) in [6.07, 6.45) is 0. The fourth-order valence-electron chi connectivity index (χ4n) is 1.78. The van der Waals surface area contributed by atoms with Gasteiger partial charge < -0.3 is 10.6 Å². The van der Waals surface area contributed by atoms with Crippen molar-refractivity contribution in [3.63, 3.8) is 0 Å². The van der Waals surface area contributed by atoms with Crippen LogP contribution in [0.15, 0.2) is 38.6 Å². The Kier molecular flexibility index (Phi) is 8.55. The molecule has 0 atom stereocenters. The highest BCUT2D eigenvalue weighted by molar-refractivity contribution is 9.10. The summed E-state index contributed by atoms with van der Waals surface area (Å²) in [7, 11) is -3.48. The number of benzene rings is 1. The third kappa shape index (κ3) is 9.51. The zero-order chi connectivity index (χ0) is 18.2. The van der Waals surface area contributed by atoms with Crippen molar-refractivity contribution in [3.05, 3.63) is 28.7 Å². The van der Waals surface area contributed by atoms with Crippen molar-refractivity contribution in [2.75, 3.05) is 25.4 Å². The highest BCUT2D eigenvalue weighted by atomic mass is 79.9. The van der Waals surface area contributed by atoms with Gasteiger partial charge in [-0.3, -0.25) is 4.99 Å². The van der Waals surface area contributed by atoms with Crippen LogP contribution in [0.3, 0.4) is 0 Å². The standard InChI is InChI=1S/C15H25BrN4O2S2/c1-4-18-14(19-9-10-24(17,21)22)20-11-15(2,3)23-13-7-5-12(16)6-8-13/h5-8H,4,9-11H2,1-3H3,(H2,17,21,22)(H2,18,19,20). The van der Waals surface area contributed by atoms with E-state index in [-0.39, 0.29) is 17.0 Å². The molecule has 0 radical (unpaired) electrons. The van der Waals surface area contributed by atoms with Gasteiger partial charge in [0, 0.05) is 27.2 Å². The maximum atomic E-state index is 11.0. The second-order valence-corrected chi connectivity index (χ2v) is 10.2. The minimum atomic E-state index is -3.48. The molecule has 0 aliphatic heterocycles. The van der Waals surface area contributed by atoms with Crippen molar-refractivity contribution in [2.24, 2.45) is 10.1 Å². The van der Waals surface area contributed by atoms with Gasteiger partial charge in [-0.25, -0.2) is 13.6 Å². The molecule has 0 saturated carbocycles. The monoisotopic (exact) mass is 436 g/mol. The van der Waals surface area contributed by atoms with Gasteiger partial charge in [-0.15, -0.1) is 11.8 Å². The molecule has 0 heterocycles. The van der Waals surface area contributed by atoms with Gasteiger partial charge in [-0.05, 0) is 45.0 Å². The summed E-state index contributed by atoms with van der Waals surface area (Å²) in [5.74, 6) is 0.458. The Morgan fingerprint density at radius 2 is 1.92 bits per heavy atom. The molecule has 1 rings (SSSR count). The third-order valence-electron chi connectivity index (χ3n) is 2.85. The van der Waals surface area contributed by atoms with Crippen LogP contribution in [-0.2, 0) is 10.0 Å². The van der Waals surface area contributed by atoms with Crippen molar-refractivity contribution in [1.82, 2.24) is 10.6 Å². The van der Waals surface area contributed by atoms with Crippen LogP contribution in [0.5, 0.6) is 0 Å². The van der Waals surface area contributed by atoms with Crippen LogP contribution in [0.4, 0.5) is 0 Å². The van der Waals surface area contributed by atoms with Gasteiger partial charge in [-0.1, -0.05) is 15.9 Å². The molecule has 0 amide bonds. The summed E-state index contributed by atoms with van der Waals surface area (Å²) in [5, 5.41) is 11.1. The molecule has 0 aromatic heterocycles. The van der Waals surface area contributed by atoms with E-state index >= 15 is 0 Å². The van der Waals surface area contributed by atoms with Crippen LogP contribution in [0.2, 0.25) is 0 Å². The number of hydrogen-bond donors (Lipinski definition) is 3. The Hall–Kier alpha value is -0.770. The fraction of sp³-hybridized carbons (Fsp3) is 0.533. The number of rotatable bonds is 8. The first-order valence-electron chi connectivity index (χ1n) is 7.58. The molecule has 9 heteroatoms. The lowest BCUT2D eigenvalue weighted by Gasteiger charge is -2.22. The van der Waals surface area contributed by atoms with E-state index in [1.165, 1.54) is 4.90 Å². The predicted octanol–water partition coefficient (Wildman–Crippen LogP) is 2.16. The third-order valence-corrected chi connectivity index (χ3v) is 5.34. The quantitative estimate of drug-likeness (QED) is 0.329. The average molecular weight is 437 g/mol. The van der Waals surface area contributed by atoms with E-state index < -0.39 is 10.0 Å². The highest BCUT2D eigenvalue weighted by Crippen LogP contribution is 2.33. The number of halogens is 1. The predicted molar refractivity (Wildman–Crippen MR) is 106 cm³/mol. The van der Waals surface area contributed by atoms with Crippen molar-refractivity contribution in [1.29, 1.82) is 0 Å². The summed E-state index contributed by atoms with van der Waals surface area (Å²) < 4.78 is 22.9. The number of nitrogens with two attached hydrogens (primary N) is 1. The first-order chi connectivity index (χ1) is 11.1. The molecule has 0 spiro atoms. The van der Waals surface area contributed by atoms with Crippen LogP contribution in [0.1, 0.15) is 20.8 Å². The lowest BCUT2D eigenvalue weighted by atomic mass is 10.2. The van der Waals surface area contributed by atoms with Crippen molar-refractivity contribution in [3.8, 4) is 0 Å². The molecule has 24 heavy (non-hydrogen) atoms. The smallest absolute Gasteiger partial charge is 0.210 e. The Morgan fingerprint density at radius 3 is 2.46 bits per heavy atom. The van der Waals surface area contributed by atoms with Gasteiger partial charge in [-0.2, -0.15) is 0 Å². The molecule has 6 nitrogen and oxygen atoms in total. The van der Waals surface area contributed by atoms with Crippen LogP contribution in [-0.4, -0.2) is 44.5 Å². The topological polar surface area (TPSA) is 96.6 Å². The van der Waals surface area contributed by atoms with Crippen LogP contribution >= 0.6 is 27.7 Å². The zero-order valence-electron chi connectivity index (χ0n) is 14.2. The van der Waals surface area contributed by atoms with Gasteiger partial charge in [0.05, 0.1) is 12.3 Å². The maximum Gasteiger partial charge on any atom is 0.210 e. The van der Waals surface area contributed by atoms with Crippen molar-refractivity contribution in [2.45, 2.75) is 30.4 Å². The number of aliphatic imine (C=N–C) groups is 1. The van der Waals surface area contributed by atoms with E-state index in [1.54, 1.807) is 11.8 Å². The molecule has 1 aromatic carbocycles. The molecule has 4 N–H and O–H groups in total. The molecule has 1 aromatic rings. The molecular weight excluding hydrogens is 412 g/mol. The Morgan fingerprint density at radius 1 is 1.29 bits per heavy atom. The number of primary sulfonamides is 1. The normalized spacial score (nSPS) is 13.0. The van der Waals surface area contributed by atoms with Crippen LogP contribution in [0, 0.1) is 0 Å². The lowest BCUT2D eigenvalue weighted by molar-refractivity contribution is 0.596. The molecule has 0 saturated heterocycles. The summed E-state index contributed by atoms with van der Waals surface area (Å²) in [5.41, 5.74) is 0. The van der Waals surface area contributed by atoms with E-state index in [0.717, 1.165) is 4.47 Å². The number of guanidine groups is 1. The van der Waals surface area contributed by atoms with Crippen LogP contribution in [0.25, 0.3) is 0 Å². The summed E-state index contributed by atoms with van der Waals surface area (Å²) in [4.78, 5) is 5.72. The number of thioether (sulfide) groups is 1. The highest BCUT2D eigenvalue weighted by Gasteiger charge is 2.19. The maximum absolute atomic E-state index is 11.0. The molecule has 0 fully saturated rings. The molecular formula is C15H25BrN4O2S2. The fourth-order valence-corrected chi connectivity index (χ4v) is 3.47. The minimum absolute atomic E-state index is 0.101. The van der Waals surface area contributed by atoms with Gasteiger partial charge in [0.2, 0.25) is 10.0 Å². The summed E-state index contributed by atoms with van der Waals surface area (Å²) in [6.45, 7) is 7.71. The Balaban J connectivity index is 2.63. The number of nitrogens with zero attached hydrogens (tertiary/aromatic N) is 1. The Bertz CT molecular complexity index is 646. The van der Waals surface area contributed by atoms with Gasteiger partial charge in [0.1, 0.15) is 0 Å². The van der Waals surface area contributed by atoms with E-state index in [1.807, 2.05) is 19.1 Å². The summed E-state index contributed by atoms with van der Waals surface area (Å²) in [6, 6.07) is 8.16. The van der Waals surface area contributed by atoms with Gasteiger partial charge >= 0.3 is 0 Å². The molecule has 0 aliphatic rings. The molecule has 0 unspecified atom stereocenters. The van der Waals surface area contributed by atoms with E-state index in [0.29, 0.717) is 19.0 Å².